The van der Waals surface area contributed by atoms with Crippen LogP contribution < -0.4 is 5.32 Å². The van der Waals surface area contributed by atoms with Gasteiger partial charge in [-0.3, -0.25) is 4.68 Å². The van der Waals surface area contributed by atoms with Crippen LogP contribution in [-0.2, 0) is 19.3 Å². The molecule has 1 N–H and O–H groups in total. The molecule has 2 aromatic rings. The number of aryl methyl sites for hydroxylation is 1. The van der Waals surface area contributed by atoms with Crippen molar-refractivity contribution in [3.63, 3.8) is 0 Å². The van der Waals surface area contributed by atoms with Gasteiger partial charge in [-0.1, -0.05) is 18.2 Å². The molecule has 0 saturated heterocycles. The highest BCUT2D eigenvalue weighted by Gasteiger charge is 2.34. The van der Waals surface area contributed by atoms with E-state index < -0.39 is 11.9 Å². The summed E-state index contributed by atoms with van der Waals surface area (Å²) in [5, 5.41) is 6.64. The van der Waals surface area contributed by atoms with Crippen molar-refractivity contribution in [2.24, 2.45) is 0 Å². The third-order valence-electron chi connectivity index (χ3n) is 2.70. The average molecular weight is 269 g/mol. The summed E-state index contributed by atoms with van der Waals surface area (Å²) in [6, 6.07) is 10.4. The molecule has 0 aliphatic heterocycles. The maximum atomic E-state index is 12.6. The lowest BCUT2D eigenvalue weighted by Gasteiger charge is -2.07. The van der Waals surface area contributed by atoms with E-state index in [2.05, 4.69) is 10.4 Å². The van der Waals surface area contributed by atoms with Crippen LogP contribution in [0.15, 0.2) is 36.4 Å². The smallest absolute Gasteiger partial charge is 0.379 e. The van der Waals surface area contributed by atoms with Crippen molar-refractivity contribution in [3.05, 3.63) is 47.8 Å². The van der Waals surface area contributed by atoms with Crippen molar-refractivity contribution in [1.29, 1.82) is 0 Å². The van der Waals surface area contributed by atoms with Crippen LogP contribution in [0, 0.1) is 0 Å². The second-order valence-electron chi connectivity index (χ2n) is 4.05. The summed E-state index contributed by atoms with van der Waals surface area (Å²) in [4.78, 5) is 0. The zero-order chi connectivity index (χ0) is 13.9. The molecule has 0 atom stereocenters. The molecule has 0 saturated carbocycles. The highest BCUT2D eigenvalue weighted by molar-refractivity contribution is 5.42. The number of anilines is 1. The Labute approximate surface area is 109 Å². The van der Waals surface area contributed by atoms with E-state index in [1.165, 1.54) is 4.68 Å². The molecule has 0 spiro atoms. The fraction of sp³-hybridized carbons (Fsp3) is 0.308. The Balaban J connectivity index is 2.14. The second-order valence-corrected chi connectivity index (χ2v) is 4.05. The van der Waals surface area contributed by atoms with Crippen molar-refractivity contribution in [2.75, 3.05) is 5.32 Å². The molecule has 2 rings (SSSR count). The summed E-state index contributed by atoms with van der Waals surface area (Å²) in [6.07, 6.45) is -4.40. The monoisotopic (exact) mass is 269 g/mol. The largest absolute Gasteiger partial charge is 0.435 e. The number of halogens is 3. The first-order valence-electron chi connectivity index (χ1n) is 5.93. The lowest BCUT2D eigenvalue weighted by molar-refractivity contribution is -0.141. The normalized spacial score (nSPS) is 11.6. The van der Waals surface area contributed by atoms with E-state index in [4.69, 9.17) is 0 Å². The van der Waals surface area contributed by atoms with E-state index in [-0.39, 0.29) is 0 Å². The SMILES string of the molecule is CCn1nc(C(F)(F)F)cc1CNc1ccccc1. The minimum Gasteiger partial charge on any atom is -0.379 e. The van der Waals surface area contributed by atoms with Crippen molar-refractivity contribution >= 4 is 5.69 Å². The summed E-state index contributed by atoms with van der Waals surface area (Å²) in [5.74, 6) is 0. The van der Waals surface area contributed by atoms with Crippen LogP contribution >= 0.6 is 0 Å². The molecule has 1 aromatic heterocycles. The van der Waals surface area contributed by atoms with Gasteiger partial charge in [0.05, 0.1) is 12.2 Å². The Kier molecular flexibility index (Phi) is 3.78. The van der Waals surface area contributed by atoms with E-state index in [9.17, 15) is 13.2 Å². The van der Waals surface area contributed by atoms with Crippen molar-refractivity contribution < 1.29 is 13.2 Å². The molecule has 0 radical (unpaired) electrons. The molecule has 6 heteroatoms. The number of hydrogen-bond acceptors (Lipinski definition) is 2. The van der Waals surface area contributed by atoms with Crippen molar-refractivity contribution in [3.8, 4) is 0 Å². The molecule has 0 aliphatic rings. The number of aromatic nitrogens is 2. The van der Waals surface area contributed by atoms with Gasteiger partial charge in [-0.05, 0) is 25.1 Å². The predicted molar refractivity (Wildman–Crippen MR) is 66.7 cm³/mol. The Morgan fingerprint density at radius 2 is 1.89 bits per heavy atom. The van der Waals surface area contributed by atoms with Crippen LogP contribution in [0.25, 0.3) is 0 Å². The molecule has 19 heavy (non-hydrogen) atoms. The van der Waals surface area contributed by atoms with Gasteiger partial charge in [0.25, 0.3) is 0 Å². The summed E-state index contributed by atoms with van der Waals surface area (Å²) in [7, 11) is 0. The van der Waals surface area contributed by atoms with Crippen molar-refractivity contribution in [1.82, 2.24) is 9.78 Å². The van der Waals surface area contributed by atoms with E-state index in [0.717, 1.165) is 11.8 Å². The summed E-state index contributed by atoms with van der Waals surface area (Å²) < 4.78 is 39.1. The van der Waals surface area contributed by atoms with Crippen LogP contribution in [-0.4, -0.2) is 9.78 Å². The van der Waals surface area contributed by atoms with Crippen LogP contribution in [0.1, 0.15) is 18.3 Å². The van der Waals surface area contributed by atoms with Crippen molar-refractivity contribution in [2.45, 2.75) is 26.2 Å². The Hall–Kier alpha value is -1.98. The third-order valence-corrected chi connectivity index (χ3v) is 2.70. The van der Waals surface area contributed by atoms with Gasteiger partial charge in [0.15, 0.2) is 5.69 Å². The number of para-hydroxylation sites is 1. The molecular formula is C13H14F3N3. The topological polar surface area (TPSA) is 29.9 Å². The van der Waals surface area contributed by atoms with E-state index in [1.807, 2.05) is 30.3 Å². The second kappa shape index (κ2) is 5.34. The quantitative estimate of drug-likeness (QED) is 0.920. The van der Waals surface area contributed by atoms with Gasteiger partial charge in [0, 0.05) is 12.2 Å². The van der Waals surface area contributed by atoms with Gasteiger partial charge in [-0.2, -0.15) is 18.3 Å². The lowest BCUT2D eigenvalue weighted by Crippen LogP contribution is -2.09. The van der Waals surface area contributed by atoms with Crippen LogP contribution in [0.3, 0.4) is 0 Å². The van der Waals surface area contributed by atoms with Crippen LogP contribution in [0.2, 0.25) is 0 Å². The fourth-order valence-electron chi connectivity index (χ4n) is 1.76. The number of nitrogens with one attached hydrogen (secondary N) is 1. The van der Waals surface area contributed by atoms with Crippen LogP contribution in [0.4, 0.5) is 18.9 Å². The van der Waals surface area contributed by atoms with Gasteiger partial charge in [0.1, 0.15) is 0 Å². The minimum atomic E-state index is -4.40. The number of nitrogens with zero attached hydrogens (tertiary/aromatic N) is 2. The van der Waals surface area contributed by atoms with Gasteiger partial charge in [0.2, 0.25) is 0 Å². The van der Waals surface area contributed by atoms with Gasteiger partial charge < -0.3 is 5.32 Å². The number of rotatable bonds is 4. The summed E-state index contributed by atoms with van der Waals surface area (Å²) in [6.45, 7) is 2.47. The van der Waals surface area contributed by atoms with E-state index in [1.54, 1.807) is 6.92 Å². The highest BCUT2D eigenvalue weighted by Crippen LogP contribution is 2.28. The molecular weight excluding hydrogens is 255 g/mol. The minimum absolute atomic E-state index is 0.306. The zero-order valence-corrected chi connectivity index (χ0v) is 10.4. The number of benzene rings is 1. The lowest BCUT2D eigenvalue weighted by atomic mass is 10.3. The first-order chi connectivity index (χ1) is 9.00. The zero-order valence-electron chi connectivity index (χ0n) is 10.4. The molecule has 1 aromatic carbocycles. The number of alkyl halides is 3. The van der Waals surface area contributed by atoms with Gasteiger partial charge in [-0.15, -0.1) is 0 Å². The van der Waals surface area contributed by atoms with Gasteiger partial charge in [-0.25, -0.2) is 0 Å². The highest BCUT2D eigenvalue weighted by atomic mass is 19.4. The average Bonchev–Trinajstić information content (AvgIpc) is 2.81. The Morgan fingerprint density at radius 3 is 2.47 bits per heavy atom. The molecule has 0 unspecified atom stereocenters. The first kappa shape index (κ1) is 13.5. The van der Waals surface area contributed by atoms with Crippen LogP contribution in [0.5, 0.6) is 0 Å². The predicted octanol–water partition coefficient (Wildman–Crippen LogP) is 3.53. The fourth-order valence-corrected chi connectivity index (χ4v) is 1.76. The molecule has 0 amide bonds. The summed E-state index contributed by atoms with van der Waals surface area (Å²) >= 11 is 0. The maximum Gasteiger partial charge on any atom is 0.435 e. The first-order valence-corrected chi connectivity index (χ1v) is 5.93. The maximum absolute atomic E-state index is 12.6. The van der Waals surface area contributed by atoms with Gasteiger partial charge >= 0.3 is 6.18 Å². The standard InChI is InChI=1S/C13H14F3N3/c1-2-19-11(8-12(18-19)13(14,15)16)9-17-10-6-4-3-5-7-10/h3-8,17H,2,9H2,1H3. The molecule has 102 valence electrons. The number of hydrogen-bond donors (Lipinski definition) is 1. The summed E-state index contributed by atoms with van der Waals surface area (Å²) in [5.41, 5.74) is 0.526. The Bertz CT molecular complexity index is 532. The third kappa shape index (κ3) is 3.27. The molecule has 1 heterocycles. The van der Waals surface area contributed by atoms with E-state index in [0.29, 0.717) is 18.8 Å². The molecule has 3 nitrogen and oxygen atoms in total. The molecule has 0 bridgehead atoms. The molecule has 0 aliphatic carbocycles. The van der Waals surface area contributed by atoms with E-state index >= 15 is 0 Å². The molecule has 0 fully saturated rings. The Morgan fingerprint density at radius 1 is 1.21 bits per heavy atom.